The van der Waals surface area contributed by atoms with Crippen molar-refractivity contribution in [3.8, 4) is 0 Å². The number of rotatable bonds is 7. The van der Waals surface area contributed by atoms with Crippen LogP contribution in [0.25, 0.3) is 10.9 Å². The van der Waals surface area contributed by atoms with Crippen LogP contribution >= 0.6 is 0 Å². The Morgan fingerprint density at radius 1 is 1.19 bits per heavy atom. The van der Waals surface area contributed by atoms with Crippen molar-refractivity contribution in [1.82, 2.24) is 9.55 Å². The van der Waals surface area contributed by atoms with Gasteiger partial charge in [-0.15, -0.1) is 0 Å². The number of para-hydroxylation sites is 2. The van der Waals surface area contributed by atoms with E-state index < -0.39 is 23.4 Å². The van der Waals surface area contributed by atoms with Crippen molar-refractivity contribution >= 4 is 34.2 Å². The van der Waals surface area contributed by atoms with Gasteiger partial charge in [0, 0.05) is 19.5 Å². The molecule has 0 unspecified atom stereocenters. The van der Waals surface area contributed by atoms with Crippen molar-refractivity contribution in [3.05, 3.63) is 74.3 Å². The van der Waals surface area contributed by atoms with Gasteiger partial charge in [0.15, 0.2) is 6.61 Å². The standard InChI is InChI=1S/C21H20N4O6/c1-13-6-5-9-16(25(29)30)20(13)23-18(26)12-31-19(27)11-10-17-22-15-8-4-3-7-14(15)21(28)24(17)2/h3-9H,10-12H2,1-2H3,(H,23,26). The van der Waals surface area contributed by atoms with Crippen LogP contribution in [0, 0.1) is 17.0 Å². The van der Waals surface area contributed by atoms with Gasteiger partial charge in [0.1, 0.15) is 11.5 Å². The van der Waals surface area contributed by atoms with Crippen LogP contribution in [0.1, 0.15) is 17.8 Å². The molecule has 160 valence electrons. The van der Waals surface area contributed by atoms with Gasteiger partial charge in [-0.2, -0.15) is 0 Å². The zero-order valence-corrected chi connectivity index (χ0v) is 17.0. The van der Waals surface area contributed by atoms with Gasteiger partial charge >= 0.3 is 5.97 Å². The molecule has 3 rings (SSSR count). The predicted molar refractivity (Wildman–Crippen MR) is 113 cm³/mol. The molecule has 10 nitrogen and oxygen atoms in total. The highest BCUT2D eigenvalue weighted by Gasteiger charge is 2.18. The van der Waals surface area contributed by atoms with Crippen molar-refractivity contribution in [2.75, 3.05) is 11.9 Å². The Labute approximate surface area is 176 Å². The molecular weight excluding hydrogens is 404 g/mol. The Hall–Kier alpha value is -4.08. The van der Waals surface area contributed by atoms with Crippen molar-refractivity contribution in [2.45, 2.75) is 19.8 Å². The maximum atomic E-state index is 12.4. The summed E-state index contributed by atoms with van der Waals surface area (Å²) in [7, 11) is 1.57. The summed E-state index contributed by atoms with van der Waals surface area (Å²) in [6, 6.07) is 11.3. The lowest BCUT2D eigenvalue weighted by Gasteiger charge is -2.10. The van der Waals surface area contributed by atoms with Crippen LogP contribution in [-0.2, 0) is 27.8 Å². The number of fused-ring (bicyclic) bond motifs is 1. The van der Waals surface area contributed by atoms with Gasteiger partial charge in [-0.25, -0.2) is 4.98 Å². The molecule has 1 aromatic heterocycles. The van der Waals surface area contributed by atoms with Gasteiger partial charge in [-0.3, -0.25) is 29.1 Å². The average Bonchev–Trinajstić information content (AvgIpc) is 2.75. The van der Waals surface area contributed by atoms with Crippen LogP contribution < -0.4 is 10.9 Å². The minimum absolute atomic E-state index is 0.0592. The summed E-state index contributed by atoms with van der Waals surface area (Å²) in [6.45, 7) is 1.03. The lowest BCUT2D eigenvalue weighted by molar-refractivity contribution is -0.384. The fourth-order valence-corrected chi connectivity index (χ4v) is 3.06. The summed E-state index contributed by atoms with van der Waals surface area (Å²) in [5.41, 5.74) is 0.644. The minimum Gasteiger partial charge on any atom is -0.456 e. The first-order valence-corrected chi connectivity index (χ1v) is 9.42. The number of hydrogen-bond donors (Lipinski definition) is 1. The number of esters is 1. The Bertz CT molecular complexity index is 1230. The first kappa shape index (κ1) is 21.6. The van der Waals surface area contributed by atoms with Gasteiger partial charge in [0.2, 0.25) is 0 Å². The molecule has 0 aliphatic rings. The third kappa shape index (κ3) is 4.92. The number of aromatic nitrogens is 2. The second-order valence-corrected chi connectivity index (χ2v) is 6.84. The predicted octanol–water partition coefficient (Wildman–Crippen LogP) is 2.26. The number of amides is 1. The molecule has 0 fully saturated rings. The average molecular weight is 424 g/mol. The Kier molecular flexibility index (Phi) is 6.39. The number of carbonyl (C=O) groups excluding carboxylic acids is 2. The third-order valence-corrected chi connectivity index (χ3v) is 4.70. The molecule has 0 spiro atoms. The fourth-order valence-electron chi connectivity index (χ4n) is 3.06. The highest BCUT2D eigenvalue weighted by atomic mass is 16.6. The van der Waals surface area contributed by atoms with Gasteiger partial charge < -0.3 is 10.1 Å². The molecule has 0 saturated carbocycles. The second-order valence-electron chi connectivity index (χ2n) is 6.84. The second kappa shape index (κ2) is 9.16. The first-order chi connectivity index (χ1) is 14.8. The number of nitro groups is 1. The highest BCUT2D eigenvalue weighted by Crippen LogP contribution is 2.27. The largest absolute Gasteiger partial charge is 0.456 e. The number of nitrogens with one attached hydrogen (secondary N) is 1. The molecule has 3 aromatic rings. The maximum Gasteiger partial charge on any atom is 0.306 e. The fraction of sp³-hybridized carbons (Fsp3) is 0.238. The van der Waals surface area contributed by atoms with Gasteiger partial charge in [-0.05, 0) is 24.6 Å². The highest BCUT2D eigenvalue weighted by molar-refractivity contribution is 5.95. The molecule has 1 heterocycles. The molecule has 2 aromatic carbocycles. The van der Waals surface area contributed by atoms with Crippen LogP contribution in [0.15, 0.2) is 47.3 Å². The monoisotopic (exact) mass is 424 g/mol. The lowest BCUT2D eigenvalue weighted by Crippen LogP contribution is -2.24. The molecule has 0 saturated heterocycles. The van der Waals surface area contributed by atoms with Crippen LogP contribution in [0.3, 0.4) is 0 Å². The number of aryl methyl sites for hydroxylation is 2. The van der Waals surface area contributed by atoms with Crippen molar-refractivity contribution in [2.24, 2.45) is 7.05 Å². The number of hydrogen-bond acceptors (Lipinski definition) is 7. The summed E-state index contributed by atoms with van der Waals surface area (Å²) in [4.78, 5) is 51.5. The maximum absolute atomic E-state index is 12.4. The summed E-state index contributed by atoms with van der Waals surface area (Å²) in [6.07, 6.45) is 0.0662. The van der Waals surface area contributed by atoms with Gasteiger partial charge in [-0.1, -0.05) is 24.3 Å². The molecule has 10 heteroatoms. The van der Waals surface area contributed by atoms with E-state index in [0.717, 1.165) is 0 Å². The molecule has 0 radical (unpaired) electrons. The normalized spacial score (nSPS) is 10.6. The minimum atomic E-state index is -0.693. The molecule has 0 bridgehead atoms. The summed E-state index contributed by atoms with van der Waals surface area (Å²) >= 11 is 0. The van der Waals surface area contributed by atoms with E-state index in [1.54, 1.807) is 44.3 Å². The van der Waals surface area contributed by atoms with E-state index in [-0.39, 0.29) is 29.8 Å². The first-order valence-electron chi connectivity index (χ1n) is 9.42. The van der Waals surface area contributed by atoms with Crippen molar-refractivity contribution < 1.29 is 19.2 Å². The van der Waals surface area contributed by atoms with E-state index in [1.165, 1.54) is 16.7 Å². The molecule has 31 heavy (non-hydrogen) atoms. The molecule has 0 aliphatic carbocycles. The molecule has 0 aliphatic heterocycles. The number of ether oxygens (including phenoxy) is 1. The Balaban J connectivity index is 1.59. The van der Waals surface area contributed by atoms with E-state index >= 15 is 0 Å². The molecule has 1 N–H and O–H groups in total. The van der Waals surface area contributed by atoms with Gasteiger partial charge in [0.25, 0.3) is 17.2 Å². The number of anilines is 1. The third-order valence-electron chi connectivity index (χ3n) is 4.70. The summed E-state index contributed by atoms with van der Waals surface area (Å²) in [5.74, 6) is -0.931. The topological polar surface area (TPSA) is 133 Å². The quantitative estimate of drug-likeness (QED) is 0.349. The zero-order valence-electron chi connectivity index (χ0n) is 17.0. The Morgan fingerprint density at radius 3 is 2.68 bits per heavy atom. The van der Waals surface area contributed by atoms with Crippen LogP contribution in [0.4, 0.5) is 11.4 Å². The van der Waals surface area contributed by atoms with E-state index in [4.69, 9.17) is 4.74 Å². The van der Waals surface area contributed by atoms with E-state index in [9.17, 15) is 24.5 Å². The van der Waals surface area contributed by atoms with E-state index in [2.05, 4.69) is 10.3 Å². The van der Waals surface area contributed by atoms with Crippen molar-refractivity contribution in [3.63, 3.8) is 0 Å². The molecular formula is C21H20N4O6. The number of benzene rings is 2. The number of carbonyl (C=O) groups is 2. The SMILES string of the molecule is Cc1cccc([N+](=O)[O-])c1NC(=O)COC(=O)CCc1nc2ccccc2c(=O)n1C. The zero-order chi connectivity index (χ0) is 22.5. The summed E-state index contributed by atoms with van der Waals surface area (Å²) in [5, 5.41) is 14.0. The summed E-state index contributed by atoms with van der Waals surface area (Å²) < 4.78 is 6.33. The van der Waals surface area contributed by atoms with Crippen molar-refractivity contribution in [1.29, 1.82) is 0 Å². The lowest BCUT2D eigenvalue weighted by atomic mass is 10.1. The molecule has 0 atom stereocenters. The number of nitro benzene ring substituents is 1. The number of nitrogens with zero attached hydrogens (tertiary/aromatic N) is 3. The molecule has 1 amide bonds. The van der Waals surface area contributed by atoms with E-state index in [0.29, 0.717) is 22.3 Å². The van der Waals surface area contributed by atoms with Crippen LogP contribution in [-0.4, -0.2) is 33.0 Å². The smallest absolute Gasteiger partial charge is 0.306 e. The van der Waals surface area contributed by atoms with Crippen LogP contribution in [0.2, 0.25) is 0 Å². The van der Waals surface area contributed by atoms with E-state index in [1.807, 2.05) is 0 Å². The van der Waals surface area contributed by atoms with Gasteiger partial charge in [0.05, 0.1) is 22.2 Å². The Morgan fingerprint density at radius 2 is 1.94 bits per heavy atom. The van der Waals surface area contributed by atoms with Crippen LogP contribution in [0.5, 0.6) is 0 Å².